The third-order valence-corrected chi connectivity index (χ3v) is 1.08. The van der Waals surface area contributed by atoms with Crippen LogP contribution in [0, 0.1) is 0 Å². The van der Waals surface area contributed by atoms with Crippen LogP contribution in [0.4, 0.5) is 0 Å². The molecule has 1 atom stereocenters. The quantitative estimate of drug-likeness (QED) is 0.559. The Morgan fingerprint density at radius 1 is 1.78 bits per heavy atom. The van der Waals surface area contributed by atoms with Crippen LogP contribution in [0.3, 0.4) is 0 Å². The van der Waals surface area contributed by atoms with Gasteiger partial charge in [-0.1, -0.05) is 6.92 Å². The van der Waals surface area contributed by atoms with E-state index in [2.05, 4.69) is 0 Å². The standard InChI is InChI=1S/C4H9NO3S/c1-2-3-4(6)5-9(7)8/h2-3H2,1H3,(H,5,6)(H,7,8). The summed E-state index contributed by atoms with van der Waals surface area (Å²) in [5.41, 5.74) is 0. The predicted molar refractivity (Wildman–Crippen MR) is 33.8 cm³/mol. The van der Waals surface area contributed by atoms with Gasteiger partial charge in [-0.05, 0) is 6.42 Å². The van der Waals surface area contributed by atoms with Gasteiger partial charge in [0.05, 0.1) is 0 Å². The van der Waals surface area contributed by atoms with E-state index >= 15 is 0 Å². The SMILES string of the molecule is CCCC(=O)NS(=O)O. The third kappa shape index (κ3) is 5.45. The predicted octanol–water partition coefficient (Wildman–Crippen LogP) is 0.0394. The highest BCUT2D eigenvalue weighted by atomic mass is 32.2. The molecule has 0 aliphatic heterocycles. The minimum Gasteiger partial charge on any atom is -0.289 e. The van der Waals surface area contributed by atoms with Crippen LogP contribution >= 0.6 is 0 Å². The van der Waals surface area contributed by atoms with Crippen molar-refractivity contribution in [2.75, 3.05) is 0 Å². The van der Waals surface area contributed by atoms with Gasteiger partial charge < -0.3 is 0 Å². The van der Waals surface area contributed by atoms with Crippen molar-refractivity contribution >= 4 is 17.2 Å². The maximum absolute atomic E-state index is 10.4. The van der Waals surface area contributed by atoms with E-state index in [1.165, 1.54) is 0 Å². The van der Waals surface area contributed by atoms with Crippen LogP contribution in [0.5, 0.6) is 0 Å². The Balaban J connectivity index is 3.39. The first-order chi connectivity index (χ1) is 4.16. The van der Waals surface area contributed by atoms with Gasteiger partial charge in [0.2, 0.25) is 5.91 Å². The van der Waals surface area contributed by atoms with E-state index in [0.717, 1.165) is 0 Å². The molecule has 0 aromatic carbocycles. The lowest BCUT2D eigenvalue weighted by molar-refractivity contribution is -0.119. The minimum absolute atomic E-state index is 0.298. The van der Waals surface area contributed by atoms with E-state index in [1.54, 1.807) is 0 Å². The van der Waals surface area contributed by atoms with Crippen molar-refractivity contribution in [1.82, 2.24) is 4.72 Å². The van der Waals surface area contributed by atoms with Crippen molar-refractivity contribution in [3.8, 4) is 0 Å². The Bertz CT molecular complexity index is 125. The molecular formula is C4H9NO3S. The number of nitrogens with one attached hydrogen (secondary N) is 1. The Labute approximate surface area is 56.1 Å². The summed E-state index contributed by atoms with van der Waals surface area (Å²) >= 11 is -2.20. The minimum atomic E-state index is -2.20. The smallest absolute Gasteiger partial charge is 0.261 e. The largest absolute Gasteiger partial charge is 0.289 e. The fourth-order valence-electron chi connectivity index (χ4n) is 0.375. The number of carbonyl (C=O) groups excluding carboxylic acids is 1. The zero-order valence-electron chi connectivity index (χ0n) is 5.09. The molecule has 0 aliphatic rings. The molecule has 2 N–H and O–H groups in total. The Morgan fingerprint density at radius 3 is 2.67 bits per heavy atom. The summed E-state index contributed by atoms with van der Waals surface area (Å²) in [6.07, 6.45) is 0.981. The molecule has 0 spiro atoms. The second-order valence-electron chi connectivity index (χ2n) is 1.52. The van der Waals surface area contributed by atoms with Gasteiger partial charge in [0.15, 0.2) is 0 Å². The zero-order valence-corrected chi connectivity index (χ0v) is 5.90. The molecule has 0 aliphatic carbocycles. The molecule has 0 saturated heterocycles. The molecule has 0 radical (unpaired) electrons. The van der Waals surface area contributed by atoms with Gasteiger partial charge in [-0.15, -0.1) is 0 Å². The molecule has 1 amide bonds. The lowest BCUT2D eigenvalue weighted by Crippen LogP contribution is -2.24. The van der Waals surface area contributed by atoms with Crippen LogP contribution in [-0.2, 0) is 16.1 Å². The van der Waals surface area contributed by atoms with Crippen molar-refractivity contribution < 1.29 is 13.6 Å². The highest BCUT2D eigenvalue weighted by Crippen LogP contribution is 1.84. The Hall–Kier alpha value is -0.420. The van der Waals surface area contributed by atoms with Crippen LogP contribution in [0.25, 0.3) is 0 Å². The summed E-state index contributed by atoms with van der Waals surface area (Å²) in [5, 5.41) is 0. The number of rotatable bonds is 3. The Morgan fingerprint density at radius 2 is 2.33 bits per heavy atom. The van der Waals surface area contributed by atoms with Crippen molar-refractivity contribution in [3.05, 3.63) is 0 Å². The van der Waals surface area contributed by atoms with Crippen molar-refractivity contribution in [2.24, 2.45) is 0 Å². The van der Waals surface area contributed by atoms with E-state index in [-0.39, 0.29) is 0 Å². The fraction of sp³-hybridized carbons (Fsp3) is 0.750. The van der Waals surface area contributed by atoms with Crippen molar-refractivity contribution in [3.63, 3.8) is 0 Å². The summed E-state index contributed by atoms with van der Waals surface area (Å²) in [6.45, 7) is 1.82. The molecule has 0 saturated carbocycles. The maximum atomic E-state index is 10.4. The molecule has 0 fully saturated rings. The molecule has 54 valence electrons. The van der Waals surface area contributed by atoms with Gasteiger partial charge in [-0.3, -0.25) is 14.1 Å². The molecule has 0 aromatic rings. The van der Waals surface area contributed by atoms with Gasteiger partial charge in [0, 0.05) is 6.42 Å². The van der Waals surface area contributed by atoms with Gasteiger partial charge in [0.25, 0.3) is 11.3 Å². The van der Waals surface area contributed by atoms with Crippen LogP contribution in [-0.4, -0.2) is 14.7 Å². The molecule has 4 nitrogen and oxygen atoms in total. The van der Waals surface area contributed by atoms with Gasteiger partial charge in [0.1, 0.15) is 0 Å². The second kappa shape index (κ2) is 4.46. The highest BCUT2D eigenvalue weighted by molar-refractivity contribution is 7.77. The average molecular weight is 151 g/mol. The lowest BCUT2D eigenvalue weighted by atomic mass is 10.3. The topological polar surface area (TPSA) is 66.4 Å². The van der Waals surface area contributed by atoms with Gasteiger partial charge >= 0.3 is 0 Å². The zero-order chi connectivity index (χ0) is 7.28. The molecule has 0 bridgehead atoms. The molecule has 9 heavy (non-hydrogen) atoms. The highest BCUT2D eigenvalue weighted by Gasteiger charge is 1.99. The van der Waals surface area contributed by atoms with Crippen LogP contribution in [0.1, 0.15) is 19.8 Å². The van der Waals surface area contributed by atoms with E-state index in [9.17, 15) is 9.00 Å². The van der Waals surface area contributed by atoms with E-state index in [1.807, 2.05) is 11.6 Å². The summed E-state index contributed by atoms with van der Waals surface area (Å²) in [5.74, 6) is -0.390. The molecule has 0 heterocycles. The fourth-order valence-corrected chi connectivity index (χ4v) is 0.672. The van der Waals surface area contributed by atoms with Gasteiger partial charge in [-0.25, -0.2) is 4.21 Å². The van der Waals surface area contributed by atoms with E-state index in [0.29, 0.717) is 12.8 Å². The first-order valence-corrected chi connectivity index (χ1v) is 3.67. The van der Waals surface area contributed by atoms with E-state index in [4.69, 9.17) is 4.55 Å². The number of hydrogen-bond acceptors (Lipinski definition) is 2. The molecular weight excluding hydrogens is 142 g/mol. The van der Waals surface area contributed by atoms with Crippen molar-refractivity contribution in [2.45, 2.75) is 19.8 Å². The lowest BCUT2D eigenvalue weighted by Gasteiger charge is -1.94. The number of carbonyl (C=O) groups is 1. The molecule has 0 rings (SSSR count). The maximum Gasteiger partial charge on any atom is 0.261 e. The number of amides is 1. The Kier molecular flexibility index (Phi) is 4.25. The molecule has 5 heteroatoms. The number of hydrogen-bond donors (Lipinski definition) is 2. The summed E-state index contributed by atoms with van der Waals surface area (Å²) in [6, 6.07) is 0. The second-order valence-corrected chi connectivity index (χ2v) is 2.23. The van der Waals surface area contributed by atoms with Crippen LogP contribution in [0.2, 0.25) is 0 Å². The first-order valence-electron chi connectivity index (χ1n) is 2.57. The molecule has 0 aromatic heterocycles. The molecule has 1 unspecified atom stereocenters. The first kappa shape index (κ1) is 8.58. The van der Waals surface area contributed by atoms with Crippen LogP contribution < -0.4 is 4.72 Å². The normalized spacial score (nSPS) is 12.7. The van der Waals surface area contributed by atoms with E-state index < -0.39 is 17.2 Å². The summed E-state index contributed by atoms with van der Waals surface area (Å²) < 4.78 is 19.8. The van der Waals surface area contributed by atoms with Crippen LogP contribution in [0.15, 0.2) is 0 Å². The summed E-state index contributed by atoms with van der Waals surface area (Å²) in [7, 11) is 0. The monoisotopic (exact) mass is 151 g/mol. The third-order valence-electron chi connectivity index (χ3n) is 0.678. The van der Waals surface area contributed by atoms with Gasteiger partial charge in [-0.2, -0.15) is 0 Å². The average Bonchev–Trinajstić information content (AvgIpc) is 1.63. The van der Waals surface area contributed by atoms with Crippen molar-refractivity contribution in [1.29, 1.82) is 0 Å². The summed E-state index contributed by atoms with van der Waals surface area (Å²) in [4.78, 5) is 10.4.